The molecule has 0 saturated carbocycles. The van der Waals surface area contributed by atoms with Crippen LogP contribution in [0.3, 0.4) is 0 Å². The summed E-state index contributed by atoms with van der Waals surface area (Å²) < 4.78 is 10.8. The fourth-order valence-electron chi connectivity index (χ4n) is 2.30. The van der Waals surface area contributed by atoms with Crippen LogP contribution in [-0.4, -0.2) is 35.1 Å². The van der Waals surface area contributed by atoms with Gasteiger partial charge in [0.05, 0.1) is 31.8 Å². The third kappa shape index (κ3) is 4.32. The Morgan fingerprint density at radius 2 is 1.96 bits per heavy atom. The number of aromatic nitrogens is 3. The van der Waals surface area contributed by atoms with E-state index in [1.807, 2.05) is 55.5 Å². The van der Waals surface area contributed by atoms with Crippen LogP contribution in [0.5, 0.6) is 11.5 Å². The zero-order valence-corrected chi connectivity index (χ0v) is 14.6. The van der Waals surface area contributed by atoms with Crippen LogP contribution in [0.4, 0.5) is 5.95 Å². The smallest absolute Gasteiger partial charge is 0.263 e. The zero-order chi connectivity index (χ0) is 18.2. The lowest BCUT2D eigenvalue weighted by atomic mass is 10.2. The molecule has 3 rings (SSSR count). The minimum Gasteiger partial charge on any atom is -0.493 e. The number of methoxy groups -OCH3 is 1. The van der Waals surface area contributed by atoms with Gasteiger partial charge in [-0.05, 0) is 30.7 Å². The monoisotopic (exact) mass is 349 g/mol. The molecular formula is C19H19N5O2. The van der Waals surface area contributed by atoms with Crippen molar-refractivity contribution in [2.45, 2.75) is 6.92 Å². The fourth-order valence-corrected chi connectivity index (χ4v) is 2.30. The van der Waals surface area contributed by atoms with Gasteiger partial charge in [-0.1, -0.05) is 30.3 Å². The van der Waals surface area contributed by atoms with Crippen molar-refractivity contribution < 1.29 is 9.47 Å². The molecule has 0 amide bonds. The molecule has 0 spiro atoms. The first-order valence-electron chi connectivity index (χ1n) is 8.15. The van der Waals surface area contributed by atoms with E-state index in [0.717, 1.165) is 16.8 Å². The molecule has 0 aliphatic heterocycles. The third-order valence-corrected chi connectivity index (χ3v) is 3.49. The van der Waals surface area contributed by atoms with E-state index in [9.17, 15) is 0 Å². The van der Waals surface area contributed by atoms with Gasteiger partial charge < -0.3 is 9.47 Å². The first kappa shape index (κ1) is 17.3. The maximum absolute atomic E-state index is 5.50. The lowest BCUT2D eigenvalue weighted by Crippen LogP contribution is -2.00. The van der Waals surface area contributed by atoms with Crippen LogP contribution in [0.15, 0.2) is 59.8 Å². The van der Waals surface area contributed by atoms with Gasteiger partial charge in [0.15, 0.2) is 11.5 Å². The molecule has 0 aliphatic rings. The standard InChI is InChI=1S/C19H19N5O2/c1-3-26-17-10-9-14(11-18(17)25-2)12-20-23-19-22-16(13-21-24-19)15-7-5-4-6-8-15/h4-13H,3H2,1-2H3,(H,22,23,24). The second kappa shape index (κ2) is 8.57. The van der Waals surface area contributed by atoms with E-state index in [4.69, 9.17) is 9.47 Å². The number of rotatable bonds is 7. The summed E-state index contributed by atoms with van der Waals surface area (Å²) >= 11 is 0. The first-order valence-corrected chi connectivity index (χ1v) is 8.15. The predicted molar refractivity (Wildman–Crippen MR) is 101 cm³/mol. The fraction of sp³-hybridized carbons (Fsp3) is 0.158. The van der Waals surface area contributed by atoms with Gasteiger partial charge in [-0.2, -0.15) is 10.2 Å². The quantitative estimate of drug-likeness (QED) is 0.520. The Morgan fingerprint density at radius 3 is 2.73 bits per heavy atom. The summed E-state index contributed by atoms with van der Waals surface area (Å²) in [5, 5.41) is 12.1. The van der Waals surface area contributed by atoms with Crippen LogP contribution < -0.4 is 14.9 Å². The Kier molecular flexibility index (Phi) is 5.72. The molecule has 26 heavy (non-hydrogen) atoms. The summed E-state index contributed by atoms with van der Waals surface area (Å²) in [5.41, 5.74) is 5.33. The Hall–Kier alpha value is -3.48. The molecule has 0 unspecified atom stereocenters. The van der Waals surface area contributed by atoms with Crippen molar-refractivity contribution in [1.82, 2.24) is 15.2 Å². The second-order valence-electron chi connectivity index (χ2n) is 5.24. The van der Waals surface area contributed by atoms with Crippen molar-refractivity contribution >= 4 is 12.2 Å². The summed E-state index contributed by atoms with van der Waals surface area (Å²) in [7, 11) is 1.60. The number of hydrogen-bond acceptors (Lipinski definition) is 7. The second-order valence-corrected chi connectivity index (χ2v) is 5.24. The van der Waals surface area contributed by atoms with Crippen LogP contribution in [0.25, 0.3) is 11.3 Å². The molecule has 0 aliphatic carbocycles. The molecule has 132 valence electrons. The van der Waals surface area contributed by atoms with E-state index >= 15 is 0 Å². The van der Waals surface area contributed by atoms with Gasteiger partial charge in [-0.15, -0.1) is 5.10 Å². The van der Waals surface area contributed by atoms with Crippen LogP contribution in [0.2, 0.25) is 0 Å². The van der Waals surface area contributed by atoms with Crippen molar-refractivity contribution in [3.8, 4) is 22.8 Å². The number of nitrogens with one attached hydrogen (secondary N) is 1. The van der Waals surface area contributed by atoms with E-state index in [-0.39, 0.29) is 0 Å². The van der Waals surface area contributed by atoms with Crippen molar-refractivity contribution in [2.75, 3.05) is 19.1 Å². The van der Waals surface area contributed by atoms with Crippen LogP contribution in [0, 0.1) is 0 Å². The third-order valence-electron chi connectivity index (χ3n) is 3.49. The number of ether oxygens (including phenoxy) is 2. The Balaban J connectivity index is 1.71. The van der Waals surface area contributed by atoms with Gasteiger partial charge in [-0.25, -0.2) is 10.4 Å². The van der Waals surface area contributed by atoms with Crippen LogP contribution in [0.1, 0.15) is 12.5 Å². The lowest BCUT2D eigenvalue weighted by Gasteiger charge is -2.09. The highest BCUT2D eigenvalue weighted by Gasteiger charge is 2.04. The molecule has 7 heteroatoms. The minimum atomic E-state index is 0.320. The van der Waals surface area contributed by atoms with Gasteiger partial charge in [0.25, 0.3) is 5.95 Å². The van der Waals surface area contributed by atoms with E-state index in [1.165, 1.54) is 0 Å². The van der Waals surface area contributed by atoms with Gasteiger partial charge in [0.2, 0.25) is 0 Å². The average molecular weight is 349 g/mol. The van der Waals surface area contributed by atoms with E-state index in [0.29, 0.717) is 24.1 Å². The normalized spacial score (nSPS) is 10.7. The van der Waals surface area contributed by atoms with Crippen molar-refractivity contribution in [2.24, 2.45) is 5.10 Å². The average Bonchev–Trinajstić information content (AvgIpc) is 2.70. The number of benzene rings is 2. The molecule has 0 radical (unpaired) electrons. The van der Waals surface area contributed by atoms with Crippen LogP contribution in [-0.2, 0) is 0 Å². The highest BCUT2D eigenvalue weighted by molar-refractivity contribution is 5.81. The maximum Gasteiger partial charge on any atom is 0.263 e. The predicted octanol–water partition coefficient (Wildman–Crippen LogP) is 3.39. The molecule has 0 fully saturated rings. The molecule has 1 aromatic heterocycles. The SMILES string of the molecule is CCOc1ccc(C=NNc2nncc(-c3ccccc3)n2)cc1OC. The van der Waals surface area contributed by atoms with Crippen molar-refractivity contribution in [1.29, 1.82) is 0 Å². The molecule has 0 bridgehead atoms. The molecule has 3 aromatic rings. The highest BCUT2D eigenvalue weighted by atomic mass is 16.5. The molecular weight excluding hydrogens is 330 g/mol. The lowest BCUT2D eigenvalue weighted by molar-refractivity contribution is 0.311. The van der Waals surface area contributed by atoms with Crippen molar-refractivity contribution in [3.63, 3.8) is 0 Å². The topological polar surface area (TPSA) is 81.5 Å². The summed E-state index contributed by atoms with van der Waals surface area (Å²) in [6, 6.07) is 15.3. The van der Waals surface area contributed by atoms with Gasteiger partial charge in [0.1, 0.15) is 0 Å². The number of hydrazone groups is 1. The summed E-state index contributed by atoms with van der Waals surface area (Å²) in [4.78, 5) is 4.40. The number of hydrogen-bond donors (Lipinski definition) is 1. The largest absolute Gasteiger partial charge is 0.493 e. The molecule has 2 aromatic carbocycles. The summed E-state index contributed by atoms with van der Waals surface area (Å²) in [6.45, 7) is 2.50. The Labute approximate surface area is 151 Å². The molecule has 0 saturated heterocycles. The maximum atomic E-state index is 5.50. The highest BCUT2D eigenvalue weighted by Crippen LogP contribution is 2.27. The Bertz CT molecular complexity index is 884. The van der Waals surface area contributed by atoms with Gasteiger partial charge in [-0.3, -0.25) is 0 Å². The van der Waals surface area contributed by atoms with Gasteiger partial charge >= 0.3 is 0 Å². The van der Waals surface area contributed by atoms with E-state index in [2.05, 4.69) is 25.7 Å². The Morgan fingerprint density at radius 1 is 1.12 bits per heavy atom. The van der Waals surface area contributed by atoms with E-state index in [1.54, 1.807) is 19.5 Å². The number of nitrogens with zero attached hydrogens (tertiary/aromatic N) is 4. The molecule has 1 N–H and O–H groups in total. The van der Waals surface area contributed by atoms with E-state index < -0.39 is 0 Å². The minimum absolute atomic E-state index is 0.320. The molecule has 7 nitrogen and oxygen atoms in total. The van der Waals surface area contributed by atoms with Crippen LogP contribution >= 0.6 is 0 Å². The molecule has 1 heterocycles. The first-order chi connectivity index (χ1) is 12.8. The van der Waals surface area contributed by atoms with Gasteiger partial charge in [0, 0.05) is 5.56 Å². The molecule has 0 atom stereocenters. The zero-order valence-electron chi connectivity index (χ0n) is 14.6. The summed E-state index contributed by atoms with van der Waals surface area (Å²) in [5.74, 6) is 1.67. The summed E-state index contributed by atoms with van der Waals surface area (Å²) in [6.07, 6.45) is 3.26. The number of anilines is 1. The van der Waals surface area contributed by atoms with Crippen molar-refractivity contribution in [3.05, 3.63) is 60.3 Å².